The predicted octanol–water partition coefficient (Wildman–Crippen LogP) is 2.14. The quantitative estimate of drug-likeness (QED) is 0.929. The normalized spacial score (nSPS) is 20.7. The summed E-state index contributed by atoms with van der Waals surface area (Å²) in [5, 5.41) is 3.61. The number of likely N-dealkylation sites (tertiary alicyclic amines) is 1. The van der Waals surface area contributed by atoms with Crippen molar-refractivity contribution in [1.82, 2.24) is 10.2 Å². The molecule has 6 heteroatoms. The molecule has 2 aliphatic rings. The van der Waals surface area contributed by atoms with E-state index >= 15 is 0 Å². The summed E-state index contributed by atoms with van der Waals surface area (Å²) in [7, 11) is 1.94. The van der Waals surface area contributed by atoms with E-state index in [4.69, 9.17) is 21.1 Å². The van der Waals surface area contributed by atoms with Crippen molar-refractivity contribution >= 4 is 17.5 Å². The highest BCUT2D eigenvalue weighted by Gasteiger charge is 2.26. The van der Waals surface area contributed by atoms with Crippen LogP contribution >= 0.6 is 11.6 Å². The Morgan fingerprint density at radius 2 is 2.33 bits per heavy atom. The maximum absolute atomic E-state index is 12.7. The van der Waals surface area contributed by atoms with Crippen LogP contribution in [0, 0.1) is 5.92 Å². The summed E-state index contributed by atoms with van der Waals surface area (Å²) in [5.41, 5.74) is 0.564. The maximum atomic E-state index is 12.7. The largest absolute Gasteiger partial charge is 0.454 e. The first-order valence-electron chi connectivity index (χ1n) is 7.22. The van der Waals surface area contributed by atoms with E-state index in [2.05, 4.69) is 5.32 Å². The molecule has 1 atom stereocenters. The number of rotatable bonds is 3. The number of carbonyl (C=O) groups is 1. The van der Waals surface area contributed by atoms with Crippen molar-refractivity contribution in [2.24, 2.45) is 5.92 Å². The van der Waals surface area contributed by atoms with Gasteiger partial charge < -0.3 is 19.7 Å². The minimum Gasteiger partial charge on any atom is -0.454 e. The molecule has 5 nitrogen and oxygen atoms in total. The number of halogens is 1. The molecule has 1 aromatic rings. The molecule has 2 aliphatic heterocycles. The van der Waals surface area contributed by atoms with Crippen LogP contribution in [-0.2, 0) is 0 Å². The molecule has 0 radical (unpaired) electrons. The number of hydrogen-bond donors (Lipinski definition) is 1. The van der Waals surface area contributed by atoms with Crippen LogP contribution in [0.3, 0.4) is 0 Å². The molecule has 0 saturated carbocycles. The fourth-order valence-corrected chi connectivity index (χ4v) is 3.24. The van der Waals surface area contributed by atoms with Gasteiger partial charge in [-0.25, -0.2) is 0 Å². The number of carbonyl (C=O) groups excluding carboxylic acids is 1. The van der Waals surface area contributed by atoms with E-state index in [0.29, 0.717) is 28.0 Å². The first-order valence-corrected chi connectivity index (χ1v) is 7.60. The highest BCUT2D eigenvalue weighted by atomic mass is 35.5. The highest BCUT2D eigenvalue weighted by Crippen LogP contribution is 2.40. The van der Waals surface area contributed by atoms with Gasteiger partial charge in [0.25, 0.3) is 5.91 Å². The van der Waals surface area contributed by atoms with Crippen molar-refractivity contribution in [3.63, 3.8) is 0 Å². The van der Waals surface area contributed by atoms with Gasteiger partial charge in [0.1, 0.15) is 0 Å². The summed E-state index contributed by atoms with van der Waals surface area (Å²) in [6, 6.07) is 3.39. The second kappa shape index (κ2) is 6.12. The molecule has 1 amide bonds. The minimum atomic E-state index is 0.0102. The maximum Gasteiger partial charge on any atom is 0.254 e. The average Bonchev–Trinajstić information content (AvgIpc) is 2.96. The average molecular weight is 311 g/mol. The molecule has 0 spiro atoms. The Morgan fingerprint density at radius 3 is 3.14 bits per heavy atom. The molecule has 0 aromatic heterocycles. The van der Waals surface area contributed by atoms with Gasteiger partial charge in [-0.05, 0) is 44.5 Å². The number of nitrogens with one attached hydrogen (secondary N) is 1. The molecule has 2 heterocycles. The molecule has 0 aliphatic carbocycles. The SMILES string of the molecule is CNC[C@@H]1CCCN(C(=O)c2cc(Cl)c3c(c2)OCO3)C1. The van der Waals surface area contributed by atoms with Gasteiger partial charge in [-0.2, -0.15) is 0 Å². The number of hydrogen-bond acceptors (Lipinski definition) is 4. The van der Waals surface area contributed by atoms with Gasteiger partial charge in [0.05, 0.1) is 5.02 Å². The molecule has 1 saturated heterocycles. The van der Waals surface area contributed by atoms with Crippen molar-refractivity contribution in [1.29, 1.82) is 0 Å². The van der Waals surface area contributed by atoms with Gasteiger partial charge in [-0.15, -0.1) is 0 Å². The molecule has 3 rings (SSSR count). The second-order valence-electron chi connectivity index (χ2n) is 5.51. The molecule has 1 aromatic carbocycles. The predicted molar refractivity (Wildman–Crippen MR) is 80.1 cm³/mol. The summed E-state index contributed by atoms with van der Waals surface area (Å²) in [4.78, 5) is 14.6. The Labute approximate surface area is 129 Å². The summed E-state index contributed by atoms with van der Waals surface area (Å²) >= 11 is 6.15. The zero-order valence-corrected chi connectivity index (χ0v) is 12.8. The zero-order valence-electron chi connectivity index (χ0n) is 12.0. The van der Waals surface area contributed by atoms with Gasteiger partial charge in [0.15, 0.2) is 11.5 Å². The monoisotopic (exact) mass is 310 g/mol. The number of amides is 1. The van der Waals surface area contributed by atoms with Crippen molar-refractivity contribution in [2.45, 2.75) is 12.8 Å². The molecule has 0 unspecified atom stereocenters. The van der Waals surface area contributed by atoms with Crippen LogP contribution in [-0.4, -0.2) is 44.3 Å². The summed E-state index contributed by atoms with van der Waals surface area (Å²) in [6.07, 6.45) is 2.20. The number of nitrogens with zero attached hydrogens (tertiary/aromatic N) is 1. The summed E-state index contributed by atoms with van der Waals surface area (Å²) in [5.74, 6) is 1.60. The van der Waals surface area contributed by atoms with Crippen LogP contribution in [0.5, 0.6) is 11.5 Å². The van der Waals surface area contributed by atoms with Crippen molar-refractivity contribution in [3.8, 4) is 11.5 Å². The third kappa shape index (κ3) is 2.94. The van der Waals surface area contributed by atoms with E-state index in [0.717, 1.165) is 32.5 Å². The van der Waals surface area contributed by atoms with Gasteiger partial charge in [0.2, 0.25) is 6.79 Å². The van der Waals surface area contributed by atoms with Crippen LogP contribution < -0.4 is 14.8 Å². The fraction of sp³-hybridized carbons (Fsp3) is 0.533. The van der Waals surface area contributed by atoms with Crippen LogP contribution in [0.1, 0.15) is 23.2 Å². The summed E-state index contributed by atoms with van der Waals surface area (Å²) < 4.78 is 10.6. The molecule has 114 valence electrons. The van der Waals surface area contributed by atoms with Crippen molar-refractivity contribution in [3.05, 3.63) is 22.7 Å². The Hall–Kier alpha value is -1.46. The van der Waals surface area contributed by atoms with Gasteiger partial charge in [0, 0.05) is 18.7 Å². The van der Waals surface area contributed by atoms with E-state index in [1.807, 2.05) is 11.9 Å². The third-order valence-corrected chi connectivity index (χ3v) is 4.25. The zero-order chi connectivity index (χ0) is 14.8. The molecule has 21 heavy (non-hydrogen) atoms. The van der Waals surface area contributed by atoms with Gasteiger partial charge >= 0.3 is 0 Å². The lowest BCUT2D eigenvalue weighted by Gasteiger charge is -2.32. The number of benzene rings is 1. The Morgan fingerprint density at radius 1 is 1.48 bits per heavy atom. The van der Waals surface area contributed by atoms with Crippen LogP contribution in [0.25, 0.3) is 0 Å². The summed E-state index contributed by atoms with van der Waals surface area (Å²) in [6.45, 7) is 2.67. The van der Waals surface area contributed by atoms with Gasteiger partial charge in [-0.3, -0.25) is 4.79 Å². The smallest absolute Gasteiger partial charge is 0.254 e. The van der Waals surface area contributed by atoms with E-state index in [-0.39, 0.29) is 12.7 Å². The Bertz CT molecular complexity index is 548. The molecule has 1 fully saturated rings. The van der Waals surface area contributed by atoms with Crippen LogP contribution in [0.2, 0.25) is 5.02 Å². The van der Waals surface area contributed by atoms with E-state index in [1.54, 1.807) is 12.1 Å². The molecular formula is C15H19ClN2O3. The van der Waals surface area contributed by atoms with Crippen LogP contribution in [0.15, 0.2) is 12.1 Å². The first kappa shape index (κ1) is 14.5. The van der Waals surface area contributed by atoms with Crippen LogP contribution in [0.4, 0.5) is 0 Å². The second-order valence-corrected chi connectivity index (χ2v) is 5.92. The lowest BCUT2D eigenvalue weighted by atomic mass is 9.97. The number of ether oxygens (including phenoxy) is 2. The minimum absolute atomic E-state index is 0.0102. The topological polar surface area (TPSA) is 50.8 Å². The molecule has 1 N–H and O–H groups in total. The lowest BCUT2D eigenvalue weighted by molar-refractivity contribution is 0.0674. The first-order chi connectivity index (χ1) is 10.2. The fourth-order valence-electron chi connectivity index (χ4n) is 2.98. The van der Waals surface area contributed by atoms with Gasteiger partial charge in [-0.1, -0.05) is 11.6 Å². The highest BCUT2D eigenvalue weighted by molar-refractivity contribution is 6.32. The Kier molecular flexibility index (Phi) is 4.22. The molecule has 0 bridgehead atoms. The Balaban J connectivity index is 1.77. The number of fused-ring (bicyclic) bond motifs is 1. The standard InChI is InChI=1S/C15H19ClN2O3/c1-17-7-10-3-2-4-18(8-10)15(19)11-5-12(16)14-13(6-11)20-9-21-14/h5-6,10,17H,2-4,7-9H2,1H3/t10-/m0/s1. The lowest BCUT2D eigenvalue weighted by Crippen LogP contribution is -2.42. The number of piperidine rings is 1. The van der Waals surface area contributed by atoms with E-state index < -0.39 is 0 Å². The van der Waals surface area contributed by atoms with Crippen molar-refractivity contribution in [2.75, 3.05) is 33.5 Å². The van der Waals surface area contributed by atoms with E-state index in [9.17, 15) is 4.79 Å². The molecular weight excluding hydrogens is 292 g/mol. The third-order valence-electron chi connectivity index (χ3n) is 3.97. The van der Waals surface area contributed by atoms with Crippen molar-refractivity contribution < 1.29 is 14.3 Å². The van der Waals surface area contributed by atoms with E-state index in [1.165, 1.54) is 0 Å².